The van der Waals surface area contributed by atoms with Crippen molar-refractivity contribution in [3.8, 4) is 28.8 Å². The Labute approximate surface area is 212 Å². The van der Waals surface area contributed by atoms with Gasteiger partial charge < -0.3 is 4.74 Å². The monoisotopic (exact) mass is 497 g/mol. The van der Waals surface area contributed by atoms with E-state index in [1.54, 1.807) is 29.9 Å². The molecule has 0 bridgehead atoms. The van der Waals surface area contributed by atoms with Crippen molar-refractivity contribution in [2.24, 2.45) is 0 Å². The quantitative estimate of drug-likeness (QED) is 0.204. The molecule has 0 N–H and O–H groups in total. The van der Waals surface area contributed by atoms with Gasteiger partial charge in [0.2, 0.25) is 0 Å². The number of hydrogen-bond acceptors (Lipinski definition) is 7. The maximum absolute atomic E-state index is 13.3. The molecule has 1 aliphatic heterocycles. The number of rotatable bonds is 7. The van der Waals surface area contributed by atoms with Gasteiger partial charge in [0.25, 0.3) is 11.8 Å². The average Bonchev–Trinajstić information content (AvgIpc) is 3.33. The van der Waals surface area contributed by atoms with Gasteiger partial charge in [0.15, 0.2) is 5.75 Å². The number of ether oxygens (including phenoxy) is 1. The Morgan fingerprint density at radius 1 is 1.16 bits per heavy atom. The molecule has 0 spiro atoms. The number of nitriles is 1. The molecule has 4 rings (SSSR count). The third kappa shape index (κ3) is 4.62. The van der Waals surface area contributed by atoms with Gasteiger partial charge in [-0.25, -0.2) is 4.68 Å². The molecule has 0 aliphatic carbocycles. The summed E-state index contributed by atoms with van der Waals surface area (Å²) in [6.07, 6.45) is 3.80. The fourth-order valence-electron chi connectivity index (χ4n) is 4.12. The highest BCUT2D eigenvalue weighted by molar-refractivity contribution is 6.19. The van der Waals surface area contributed by atoms with E-state index in [0.717, 1.165) is 10.6 Å². The summed E-state index contributed by atoms with van der Waals surface area (Å²) in [6.45, 7) is 3.57. The fraction of sp³-hybridized carbons (Fsp3) is 0.185. The van der Waals surface area contributed by atoms with Gasteiger partial charge >= 0.3 is 5.69 Å². The van der Waals surface area contributed by atoms with Crippen molar-refractivity contribution >= 4 is 23.6 Å². The van der Waals surface area contributed by atoms with E-state index in [1.165, 1.54) is 19.2 Å². The number of nitro benzene ring substituents is 1. The van der Waals surface area contributed by atoms with Gasteiger partial charge in [0, 0.05) is 35.5 Å². The lowest BCUT2D eigenvalue weighted by atomic mass is 9.93. The van der Waals surface area contributed by atoms with Crippen molar-refractivity contribution in [2.75, 3.05) is 13.7 Å². The van der Waals surface area contributed by atoms with Crippen LogP contribution in [0, 0.1) is 21.4 Å². The van der Waals surface area contributed by atoms with Crippen molar-refractivity contribution in [3.63, 3.8) is 0 Å². The molecule has 0 radical (unpaired) electrons. The first-order valence-corrected chi connectivity index (χ1v) is 11.5. The number of amides is 2. The average molecular weight is 498 g/mol. The number of imide groups is 1. The molecule has 3 aromatic rings. The number of aromatic nitrogens is 2. The molecule has 186 valence electrons. The van der Waals surface area contributed by atoms with E-state index in [4.69, 9.17) is 4.74 Å². The zero-order valence-corrected chi connectivity index (χ0v) is 20.5. The van der Waals surface area contributed by atoms with Crippen LogP contribution in [0.3, 0.4) is 0 Å². The van der Waals surface area contributed by atoms with Crippen LogP contribution in [0.25, 0.3) is 23.0 Å². The Morgan fingerprint density at radius 3 is 2.51 bits per heavy atom. The zero-order valence-electron chi connectivity index (χ0n) is 20.5. The van der Waals surface area contributed by atoms with Crippen LogP contribution in [0.1, 0.15) is 25.8 Å². The van der Waals surface area contributed by atoms with Crippen LogP contribution in [0.15, 0.2) is 71.4 Å². The van der Waals surface area contributed by atoms with Crippen LogP contribution in [0.4, 0.5) is 5.69 Å². The van der Waals surface area contributed by atoms with Crippen LogP contribution in [-0.4, -0.2) is 45.1 Å². The third-order valence-electron chi connectivity index (χ3n) is 5.98. The van der Waals surface area contributed by atoms with Gasteiger partial charge in [-0.05, 0) is 49.3 Å². The Balaban J connectivity index is 1.96. The minimum Gasteiger partial charge on any atom is -0.490 e. The SMILES string of the molecule is CCCN1C(=O)C(C#N)=C(C)/C(=C\c2cn(-c3ccccc3)nc2-c2ccc(OC)c([N+](=O)[O-])c2)C1=O. The minimum atomic E-state index is -0.616. The molecule has 37 heavy (non-hydrogen) atoms. The Hall–Kier alpha value is -5.04. The number of para-hydroxylation sites is 1. The molecule has 0 saturated carbocycles. The second-order valence-electron chi connectivity index (χ2n) is 8.29. The number of nitrogens with zero attached hydrogens (tertiary/aromatic N) is 5. The first-order valence-electron chi connectivity index (χ1n) is 11.5. The summed E-state index contributed by atoms with van der Waals surface area (Å²) < 4.78 is 6.72. The molecule has 10 heteroatoms. The second kappa shape index (κ2) is 10.3. The summed E-state index contributed by atoms with van der Waals surface area (Å²) in [7, 11) is 1.35. The van der Waals surface area contributed by atoms with Crippen LogP contribution in [0.2, 0.25) is 0 Å². The van der Waals surface area contributed by atoms with E-state index in [0.29, 0.717) is 23.2 Å². The summed E-state index contributed by atoms with van der Waals surface area (Å²) in [6, 6.07) is 15.7. The molecular formula is C27H23N5O5. The molecular weight excluding hydrogens is 474 g/mol. The minimum absolute atomic E-state index is 0.101. The zero-order chi connectivity index (χ0) is 26.7. The van der Waals surface area contributed by atoms with E-state index in [1.807, 2.05) is 43.3 Å². The summed E-state index contributed by atoms with van der Waals surface area (Å²) >= 11 is 0. The molecule has 0 saturated heterocycles. The predicted molar refractivity (Wildman–Crippen MR) is 136 cm³/mol. The van der Waals surface area contributed by atoms with E-state index >= 15 is 0 Å². The largest absolute Gasteiger partial charge is 0.490 e. The lowest BCUT2D eigenvalue weighted by Crippen LogP contribution is -2.43. The first kappa shape index (κ1) is 25.1. The van der Waals surface area contributed by atoms with Gasteiger partial charge in [-0.3, -0.25) is 24.6 Å². The highest BCUT2D eigenvalue weighted by Gasteiger charge is 2.35. The molecule has 0 fully saturated rings. The van der Waals surface area contributed by atoms with Gasteiger partial charge in [-0.1, -0.05) is 25.1 Å². The highest BCUT2D eigenvalue weighted by Crippen LogP contribution is 2.35. The normalized spacial score (nSPS) is 14.8. The van der Waals surface area contributed by atoms with Gasteiger partial charge in [-0.2, -0.15) is 10.4 Å². The third-order valence-corrected chi connectivity index (χ3v) is 5.98. The van der Waals surface area contributed by atoms with Crippen molar-refractivity contribution in [1.29, 1.82) is 5.26 Å². The smallest absolute Gasteiger partial charge is 0.311 e. The predicted octanol–water partition coefficient (Wildman–Crippen LogP) is 4.46. The number of carbonyl (C=O) groups excluding carboxylic acids is 2. The lowest BCUT2D eigenvalue weighted by molar-refractivity contribution is -0.385. The number of nitro groups is 1. The number of benzene rings is 2. The summed E-state index contributed by atoms with van der Waals surface area (Å²) in [5.41, 5.74) is 2.14. The number of carbonyl (C=O) groups is 2. The number of hydrogen-bond donors (Lipinski definition) is 0. The number of methoxy groups -OCH3 is 1. The van der Waals surface area contributed by atoms with Crippen LogP contribution in [-0.2, 0) is 9.59 Å². The van der Waals surface area contributed by atoms with Crippen molar-refractivity contribution in [1.82, 2.24) is 14.7 Å². The van der Waals surface area contributed by atoms with Crippen molar-refractivity contribution in [2.45, 2.75) is 20.3 Å². The van der Waals surface area contributed by atoms with E-state index in [2.05, 4.69) is 5.10 Å². The molecule has 0 unspecified atom stereocenters. The first-order chi connectivity index (χ1) is 17.8. The van der Waals surface area contributed by atoms with E-state index in [-0.39, 0.29) is 34.7 Å². The standard InChI is InChI=1S/C27H23N5O5/c1-4-12-30-26(33)21(17(2)22(15-28)27(30)34)13-19-16-31(20-8-6-5-7-9-20)29-25(19)18-10-11-24(37-3)23(14-18)32(35)36/h5-11,13-14,16H,4,12H2,1-3H3/b21-13+. The molecule has 0 atom stereocenters. The van der Waals surface area contributed by atoms with Crippen LogP contribution < -0.4 is 4.74 Å². The second-order valence-corrected chi connectivity index (χ2v) is 8.29. The highest BCUT2D eigenvalue weighted by atomic mass is 16.6. The van der Waals surface area contributed by atoms with Crippen molar-refractivity contribution in [3.05, 3.63) is 87.1 Å². The molecule has 2 amide bonds. The van der Waals surface area contributed by atoms with Gasteiger partial charge in [0.05, 0.1) is 17.7 Å². The van der Waals surface area contributed by atoms with Gasteiger partial charge in [0.1, 0.15) is 17.3 Å². The molecule has 1 aromatic heterocycles. The maximum Gasteiger partial charge on any atom is 0.311 e. The Morgan fingerprint density at radius 2 is 1.89 bits per heavy atom. The Kier molecular flexibility index (Phi) is 6.97. The summed E-state index contributed by atoms with van der Waals surface area (Å²) in [5.74, 6) is -1.03. The molecule has 2 aromatic carbocycles. The Bertz CT molecular complexity index is 1510. The van der Waals surface area contributed by atoms with E-state index in [9.17, 15) is 25.0 Å². The lowest BCUT2D eigenvalue weighted by Gasteiger charge is -2.27. The summed E-state index contributed by atoms with van der Waals surface area (Å²) in [5, 5.41) is 25.9. The van der Waals surface area contributed by atoms with E-state index < -0.39 is 16.7 Å². The molecule has 2 heterocycles. The maximum atomic E-state index is 13.3. The summed E-state index contributed by atoms with van der Waals surface area (Å²) in [4.78, 5) is 38.2. The van der Waals surface area contributed by atoms with Crippen molar-refractivity contribution < 1.29 is 19.2 Å². The topological polar surface area (TPSA) is 131 Å². The fourth-order valence-corrected chi connectivity index (χ4v) is 4.12. The molecule has 10 nitrogen and oxygen atoms in total. The van der Waals surface area contributed by atoms with Crippen LogP contribution >= 0.6 is 0 Å². The van der Waals surface area contributed by atoms with Crippen LogP contribution in [0.5, 0.6) is 5.75 Å². The molecule has 1 aliphatic rings. The van der Waals surface area contributed by atoms with Gasteiger partial charge in [-0.15, -0.1) is 0 Å².